The van der Waals surface area contributed by atoms with Gasteiger partial charge in [0, 0.05) is 24.0 Å². The topological polar surface area (TPSA) is 64.6 Å². The zero-order valence-electron chi connectivity index (χ0n) is 12.3. The maximum absolute atomic E-state index is 12.6. The number of carbonyl (C=O) groups excluding carboxylic acids is 2. The highest BCUT2D eigenvalue weighted by molar-refractivity contribution is 6.06. The quantitative estimate of drug-likeness (QED) is 0.859. The SMILES string of the molecule is C[C@@H](NC(=O)C(F)(F)F)C(=O)c1c2c(cc3c1OCC3)OCC2. The Balaban J connectivity index is 1.93. The predicted molar refractivity (Wildman–Crippen MR) is 72.8 cm³/mol. The van der Waals surface area contributed by atoms with Crippen molar-refractivity contribution in [1.29, 1.82) is 0 Å². The Bertz CT molecular complexity index is 652. The van der Waals surface area contributed by atoms with Crippen LogP contribution in [0.15, 0.2) is 6.07 Å². The second-order valence-electron chi connectivity index (χ2n) is 5.47. The molecular weight excluding hydrogens is 315 g/mol. The van der Waals surface area contributed by atoms with Crippen LogP contribution in [0.4, 0.5) is 13.2 Å². The third kappa shape index (κ3) is 2.73. The first-order valence-corrected chi connectivity index (χ1v) is 7.15. The van der Waals surface area contributed by atoms with Gasteiger partial charge in [-0.2, -0.15) is 13.2 Å². The molecule has 5 nitrogen and oxygen atoms in total. The van der Waals surface area contributed by atoms with Crippen molar-refractivity contribution >= 4 is 11.7 Å². The molecule has 1 atom stereocenters. The molecule has 1 amide bonds. The maximum Gasteiger partial charge on any atom is 0.471 e. The number of hydrogen-bond acceptors (Lipinski definition) is 4. The van der Waals surface area contributed by atoms with Crippen molar-refractivity contribution in [1.82, 2.24) is 5.32 Å². The molecule has 124 valence electrons. The molecule has 0 bridgehead atoms. The third-order valence-corrected chi connectivity index (χ3v) is 3.90. The average molecular weight is 329 g/mol. The van der Waals surface area contributed by atoms with Gasteiger partial charge in [-0.3, -0.25) is 9.59 Å². The molecule has 2 aliphatic rings. The van der Waals surface area contributed by atoms with Crippen LogP contribution in [-0.4, -0.2) is 37.1 Å². The minimum Gasteiger partial charge on any atom is -0.493 e. The molecule has 0 spiro atoms. The van der Waals surface area contributed by atoms with Crippen LogP contribution in [-0.2, 0) is 17.6 Å². The van der Waals surface area contributed by atoms with Gasteiger partial charge in [-0.15, -0.1) is 0 Å². The molecule has 3 rings (SSSR count). The van der Waals surface area contributed by atoms with Crippen LogP contribution in [0.2, 0.25) is 0 Å². The number of alkyl halides is 3. The number of nitrogens with one attached hydrogen (secondary N) is 1. The highest BCUT2D eigenvalue weighted by Gasteiger charge is 2.41. The molecule has 0 saturated heterocycles. The highest BCUT2D eigenvalue weighted by Crippen LogP contribution is 2.41. The molecule has 0 saturated carbocycles. The Morgan fingerprint density at radius 1 is 1.22 bits per heavy atom. The Morgan fingerprint density at radius 3 is 2.61 bits per heavy atom. The van der Waals surface area contributed by atoms with Crippen LogP contribution < -0.4 is 14.8 Å². The van der Waals surface area contributed by atoms with E-state index < -0.39 is 23.9 Å². The number of benzene rings is 1. The van der Waals surface area contributed by atoms with Gasteiger partial charge in [0.2, 0.25) is 0 Å². The van der Waals surface area contributed by atoms with Gasteiger partial charge in [0.25, 0.3) is 0 Å². The summed E-state index contributed by atoms with van der Waals surface area (Å²) in [5.41, 5.74) is 1.65. The smallest absolute Gasteiger partial charge is 0.471 e. The van der Waals surface area contributed by atoms with Crippen molar-refractivity contribution in [3.63, 3.8) is 0 Å². The van der Waals surface area contributed by atoms with Crippen molar-refractivity contribution in [2.75, 3.05) is 13.2 Å². The van der Waals surface area contributed by atoms with Crippen molar-refractivity contribution < 1.29 is 32.2 Å². The van der Waals surface area contributed by atoms with Gasteiger partial charge in [-0.05, 0) is 13.0 Å². The van der Waals surface area contributed by atoms with E-state index in [0.29, 0.717) is 43.1 Å². The minimum absolute atomic E-state index is 0.225. The lowest BCUT2D eigenvalue weighted by atomic mass is 9.94. The maximum atomic E-state index is 12.6. The van der Waals surface area contributed by atoms with Gasteiger partial charge in [-0.25, -0.2) is 0 Å². The molecule has 1 aromatic rings. The molecule has 1 N–H and O–H groups in total. The fraction of sp³-hybridized carbons (Fsp3) is 0.467. The number of fused-ring (bicyclic) bond motifs is 2. The van der Waals surface area contributed by atoms with E-state index in [0.717, 1.165) is 5.56 Å². The fourth-order valence-electron chi connectivity index (χ4n) is 2.81. The van der Waals surface area contributed by atoms with Gasteiger partial charge < -0.3 is 14.8 Å². The van der Waals surface area contributed by atoms with E-state index in [1.54, 1.807) is 11.4 Å². The lowest BCUT2D eigenvalue weighted by Gasteiger charge is -2.17. The van der Waals surface area contributed by atoms with E-state index in [1.165, 1.54) is 6.92 Å². The van der Waals surface area contributed by atoms with Gasteiger partial charge in [0.05, 0.1) is 24.8 Å². The van der Waals surface area contributed by atoms with E-state index in [4.69, 9.17) is 9.47 Å². The minimum atomic E-state index is -5.03. The third-order valence-electron chi connectivity index (χ3n) is 3.90. The molecule has 23 heavy (non-hydrogen) atoms. The fourth-order valence-corrected chi connectivity index (χ4v) is 2.81. The summed E-state index contributed by atoms with van der Waals surface area (Å²) in [6.07, 6.45) is -3.95. The second-order valence-corrected chi connectivity index (χ2v) is 5.47. The van der Waals surface area contributed by atoms with Gasteiger partial charge in [0.1, 0.15) is 11.5 Å². The number of hydrogen-bond donors (Lipinski definition) is 1. The zero-order valence-corrected chi connectivity index (χ0v) is 12.3. The number of carbonyl (C=O) groups is 2. The van der Waals surface area contributed by atoms with E-state index >= 15 is 0 Å². The van der Waals surface area contributed by atoms with Crippen LogP contribution in [0.25, 0.3) is 0 Å². The van der Waals surface area contributed by atoms with Gasteiger partial charge in [-0.1, -0.05) is 0 Å². The highest BCUT2D eigenvalue weighted by atomic mass is 19.4. The summed E-state index contributed by atoms with van der Waals surface area (Å²) in [4.78, 5) is 23.6. The van der Waals surface area contributed by atoms with Gasteiger partial charge in [0.15, 0.2) is 5.78 Å². The molecule has 0 aliphatic carbocycles. The van der Waals surface area contributed by atoms with E-state index in [-0.39, 0.29) is 5.56 Å². The number of rotatable bonds is 3. The molecule has 2 heterocycles. The van der Waals surface area contributed by atoms with Crippen LogP contribution in [0, 0.1) is 0 Å². The number of ether oxygens (including phenoxy) is 2. The average Bonchev–Trinajstić information content (AvgIpc) is 3.10. The Kier molecular flexibility index (Phi) is 3.69. The number of Topliss-reactive ketones (excluding diaryl/α,β-unsaturated/α-hetero) is 1. The number of ketones is 1. The summed E-state index contributed by atoms with van der Waals surface area (Å²) in [5, 5.41) is 1.69. The zero-order chi connectivity index (χ0) is 16.8. The molecule has 0 radical (unpaired) electrons. The first-order chi connectivity index (χ1) is 10.8. The molecule has 0 fully saturated rings. The van der Waals surface area contributed by atoms with E-state index in [1.807, 2.05) is 0 Å². The Labute approximate surface area is 129 Å². The van der Waals surface area contributed by atoms with Crippen molar-refractivity contribution in [2.24, 2.45) is 0 Å². The molecule has 2 aliphatic heterocycles. The first-order valence-electron chi connectivity index (χ1n) is 7.15. The summed E-state index contributed by atoms with van der Waals surface area (Å²) in [6, 6.07) is 0.491. The summed E-state index contributed by atoms with van der Waals surface area (Å²) in [7, 11) is 0. The lowest BCUT2D eigenvalue weighted by Crippen LogP contribution is -2.45. The first kappa shape index (κ1) is 15.6. The monoisotopic (exact) mass is 329 g/mol. The second kappa shape index (κ2) is 5.43. The van der Waals surface area contributed by atoms with Crippen molar-refractivity contribution in [3.05, 3.63) is 22.8 Å². The Hall–Kier alpha value is -2.25. The molecule has 0 aromatic heterocycles. The van der Waals surface area contributed by atoms with E-state index in [2.05, 4.69) is 0 Å². The molecule has 8 heteroatoms. The lowest BCUT2D eigenvalue weighted by molar-refractivity contribution is -0.173. The molecular formula is C15H14F3NO4. The standard InChI is InChI=1S/C15H14F3NO4/c1-7(19-14(21)15(16,17)18)12(20)11-9-3-5-22-10(9)6-8-2-4-23-13(8)11/h6-7H,2-5H2,1H3,(H,19,21)/t7-/m1/s1. The Morgan fingerprint density at radius 2 is 1.91 bits per heavy atom. The number of amides is 1. The molecule has 1 aromatic carbocycles. The van der Waals surface area contributed by atoms with Crippen LogP contribution in [0.5, 0.6) is 11.5 Å². The van der Waals surface area contributed by atoms with Crippen molar-refractivity contribution in [3.8, 4) is 11.5 Å². The molecule has 0 unspecified atom stereocenters. The number of halogens is 3. The summed E-state index contributed by atoms with van der Waals surface area (Å²) in [6.45, 7) is 2.03. The summed E-state index contributed by atoms with van der Waals surface area (Å²) >= 11 is 0. The summed E-state index contributed by atoms with van der Waals surface area (Å²) < 4.78 is 48.0. The van der Waals surface area contributed by atoms with Crippen LogP contribution in [0.3, 0.4) is 0 Å². The normalized spacial score (nSPS) is 16.9. The largest absolute Gasteiger partial charge is 0.493 e. The van der Waals surface area contributed by atoms with E-state index in [9.17, 15) is 22.8 Å². The van der Waals surface area contributed by atoms with Crippen molar-refractivity contribution in [2.45, 2.75) is 32.0 Å². The predicted octanol–water partition coefficient (Wildman–Crippen LogP) is 1.81. The van der Waals surface area contributed by atoms with Crippen LogP contribution >= 0.6 is 0 Å². The van der Waals surface area contributed by atoms with Crippen LogP contribution in [0.1, 0.15) is 28.4 Å². The summed E-state index contributed by atoms with van der Waals surface area (Å²) in [5.74, 6) is -1.79. The van der Waals surface area contributed by atoms with Gasteiger partial charge >= 0.3 is 12.1 Å².